The summed E-state index contributed by atoms with van der Waals surface area (Å²) in [5.41, 5.74) is 8.08. The van der Waals surface area contributed by atoms with Crippen molar-refractivity contribution in [3.05, 3.63) is 42.5 Å². The van der Waals surface area contributed by atoms with E-state index in [4.69, 9.17) is 5.73 Å². The maximum Gasteiger partial charge on any atom is 0.188 e. The molecule has 1 aliphatic rings. The van der Waals surface area contributed by atoms with Crippen LogP contribution in [0.15, 0.2) is 41.9 Å². The molecule has 7 nitrogen and oxygen atoms in total. The van der Waals surface area contributed by atoms with Crippen molar-refractivity contribution in [1.82, 2.24) is 25.0 Å². The maximum absolute atomic E-state index is 5.99. The second-order valence-electron chi connectivity index (χ2n) is 6.01. The summed E-state index contributed by atoms with van der Waals surface area (Å²) < 4.78 is 1.73. The molecule has 1 aromatic carbocycles. The number of guanidine groups is 1. The summed E-state index contributed by atoms with van der Waals surface area (Å²) in [7, 11) is 0. The summed E-state index contributed by atoms with van der Waals surface area (Å²) >= 11 is 0. The number of rotatable bonds is 6. The molecule has 1 fully saturated rings. The zero-order valence-corrected chi connectivity index (χ0v) is 14.1. The Morgan fingerprint density at radius 3 is 2.92 bits per heavy atom. The van der Waals surface area contributed by atoms with Gasteiger partial charge in [-0.1, -0.05) is 19.1 Å². The molecule has 1 atom stereocenters. The first-order valence-corrected chi connectivity index (χ1v) is 8.48. The van der Waals surface area contributed by atoms with Gasteiger partial charge in [-0.05, 0) is 43.6 Å². The van der Waals surface area contributed by atoms with E-state index in [9.17, 15) is 0 Å². The van der Waals surface area contributed by atoms with Gasteiger partial charge in [0.15, 0.2) is 5.96 Å². The number of nitrogens with zero attached hydrogens (tertiary/aromatic N) is 5. The fourth-order valence-electron chi connectivity index (χ4n) is 3.09. The highest BCUT2D eigenvalue weighted by molar-refractivity contribution is 5.77. The van der Waals surface area contributed by atoms with Gasteiger partial charge in [0.1, 0.15) is 12.7 Å². The molecule has 0 radical (unpaired) electrons. The molecule has 0 amide bonds. The van der Waals surface area contributed by atoms with Crippen molar-refractivity contribution in [1.29, 1.82) is 0 Å². The average molecular weight is 327 g/mol. The van der Waals surface area contributed by atoms with E-state index in [0.29, 0.717) is 18.5 Å². The summed E-state index contributed by atoms with van der Waals surface area (Å²) in [6, 6.07) is 8.64. The number of hydrogen-bond acceptors (Lipinski definition) is 4. The van der Waals surface area contributed by atoms with Gasteiger partial charge in [-0.2, -0.15) is 5.10 Å². The zero-order valence-electron chi connectivity index (χ0n) is 14.1. The Bertz CT molecular complexity index is 648. The Kier molecular flexibility index (Phi) is 5.43. The Morgan fingerprint density at radius 1 is 1.38 bits per heavy atom. The highest BCUT2D eigenvalue weighted by Gasteiger charge is 2.22. The highest BCUT2D eigenvalue weighted by Crippen LogP contribution is 2.15. The molecule has 1 saturated heterocycles. The van der Waals surface area contributed by atoms with E-state index in [2.05, 4.69) is 32.2 Å². The van der Waals surface area contributed by atoms with Crippen molar-refractivity contribution in [3.63, 3.8) is 0 Å². The van der Waals surface area contributed by atoms with E-state index < -0.39 is 0 Å². The Hall–Kier alpha value is -2.41. The Morgan fingerprint density at radius 2 is 2.21 bits per heavy atom. The van der Waals surface area contributed by atoms with Crippen LogP contribution in [-0.4, -0.2) is 51.3 Å². The summed E-state index contributed by atoms with van der Waals surface area (Å²) in [5.74, 6) is 0.512. The second kappa shape index (κ2) is 7.92. The fraction of sp³-hybridized carbons (Fsp3) is 0.471. The van der Waals surface area contributed by atoms with E-state index in [1.807, 2.05) is 24.3 Å². The van der Waals surface area contributed by atoms with E-state index in [-0.39, 0.29) is 0 Å². The predicted octanol–water partition coefficient (Wildman–Crippen LogP) is 1.16. The van der Waals surface area contributed by atoms with Crippen LogP contribution in [0.1, 0.15) is 25.3 Å². The lowest BCUT2D eigenvalue weighted by Crippen LogP contribution is -2.42. The van der Waals surface area contributed by atoms with Crippen LogP contribution >= 0.6 is 0 Å². The molecule has 1 aromatic heterocycles. The minimum absolute atomic E-state index is 0.512. The van der Waals surface area contributed by atoms with Crippen LogP contribution in [0.25, 0.3) is 5.69 Å². The largest absolute Gasteiger partial charge is 0.370 e. The molecule has 3 N–H and O–H groups in total. The maximum atomic E-state index is 5.99. The summed E-state index contributed by atoms with van der Waals surface area (Å²) in [6.45, 7) is 5.94. The van der Waals surface area contributed by atoms with Crippen LogP contribution in [0.4, 0.5) is 0 Å². The summed E-state index contributed by atoms with van der Waals surface area (Å²) in [5, 5.41) is 7.37. The average Bonchev–Trinajstić information content (AvgIpc) is 3.29. The molecule has 2 heterocycles. The first-order chi connectivity index (χ1) is 11.8. The van der Waals surface area contributed by atoms with Crippen molar-refractivity contribution in [3.8, 4) is 5.69 Å². The van der Waals surface area contributed by atoms with E-state index in [0.717, 1.165) is 24.3 Å². The van der Waals surface area contributed by atoms with Crippen LogP contribution in [0, 0.1) is 0 Å². The van der Waals surface area contributed by atoms with Crippen LogP contribution < -0.4 is 11.1 Å². The molecule has 1 unspecified atom stereocenters. The van der Waals surface area contributed by atoms with Crippen LogP contribution in [0.3, 0.4) is 0 Å². The Balaban J connectivity index is 1.49. The van der Waals surface area contributed by atoms with Crippen molar-refractivity contribution in [2.45, 2.75) is 32.4 Å². The van der Waals surface area contributed by atoms with E-state index in [1.165, 1.54) is 25.7 Å². The first-order valence-electron chi connectivity index (χ1n) is 8.48. The third-order valence-corrected chi connectivity index (χ3v) is 4.48. The van der Waals surface area contributed by atoms with Crippen LogP contribution in [0.2, 0.25) is 0 Å². The zero-order chi connectivity index (χ0) is 16.8. The van der Waals surface area contributed by atoms with Gasteiger partial charge in [0.05, 0.1) is 12.2 Å². The van der Waals surface area contributed by atoms with Crippen molar-refractivity contribution >= 4 is 5.96 Å². The van der Waals surface area contributed by atoms with Gasteiger partial charge in [-0.3, -0.25) is 4.90 Å². The van der Waals surface area contributed by atoms with Crippen LogP contribution in [0.5, 0.6) is 0 Å². The minimum atomic E-state index is 0.512. The number of likely N-dealkylation sites (N-methyl/N-ethyl adjacent to an activating group) is 1. The molecule has 2 aromatic rings. The number of nitrogens with two attached hydrogens (primary N) is 1. The van der Waals surface area contributed by atoms with Gasteiger partial charge in [0.2, 0.25) is 0 Å². The van der Waals surface area contributed by atoms with Crippen molar-refractivity contribution < 1.29 is 0 Å². The minimum Gasteiger partial charge on any atom is -0.370 e. The Labute approximate surface area is 142 Å². The third-order valence-electron chi connectivity index (χ3n) is 4.48. The molecule has 3 rings (SSSR count). The number of hydrogen-bond donors (Lipinski definition) is 2. The molecule has 0 bridgehead atoms. The molecule has 128 valence electrons. The van der Waals surface area contributed by atoms with E-state index in [1.54, 1.807) is 11.0 Å². The van der Waals surface area contributed by atoms with Gasteiger partial charge in [-0.15, -0.1) is 0 Å². The fourth-order valence-corrected chi connectivity index (χ4v) is 3.09. The lowest BCUT2D eigenvalue weighted by atomic mass is 10.2. The number of benzene rings is 1. The number of aromatic nitrogens is 3. The standard InChI is InChI=1S/C17H25N7/c1-2-23-9-3-4-16(23)11-21-17(18)20-10-14-5-7-15(8-6-14)24-13-19-12-22-24/h5-8,12-13,16H,2-4,9-11H2,1H3,(H3,18,20,21). The predicted molar refractivity (Wildman–Crippen MR) is 95.0 cm³/mol. The molecule has 0 saturated carbocycles. The summed E-state index contributed by atoms with van der Waals surface area (Å²) in [4.78, 5) is 10.9. The molecule has 24 heavy (non-hydrogen) atoms. The smallest absolute Gasteiger partial charge is 0.188 e. The van der Waals surface area contributed by atoms with Crippen molar-refractivity contribution in [2.75, 3.05) is 19.6 Å². The highest BCUT2D eigenvalue weighted by atomic mass is 15.3. The second-order valence-corrected chi connectivity index (χ2v) is 6.01. The number of aliphatic imine (C=N–C) groups is 1. The SMILES string of the molecule is CCN1CCCC1CNC(N)=NCc1ccc(-n2cncn2)cc1. The number of likely N-dealkylation sites (tertiary alicyclic amines) is 1. The lowest BCUT2D eigenvalue weighted by Gasteiger charge is -2.23. The van der Waals surface area contributed by atoms with Gasteiger partial charge in [0, 0.05) is 12.6 Å². The molecule has 1 aliphatic heterocycles. The normalized spacial score (nSPS) is 18.9. The molecular formula is C17H25N7. The van der Waals surface area contributed by atoms with Crippen LogP contribution in [-0.2, 0) is 6.54 Å². The van der Waals surface area contributed by atoms with Gasteiger partial charge in [0.25, 0.3) is 0 Å². The van der Waals surface area contributed by atoms with Crippen molar-refractivity contribution in [2.24, 2.45) is 10.7 Å². The lowest BCUT2D eigenvalue weighted by molar-refractivity contribution is 0.267. The molecule has 7 heteroatoms. The molecular weight excluding hydrogens is 302 g/mol. The third kappa shape index (κ3) is 4.11. The topological polar surface area (TPSA) is 84.4 Å². The number of nitrogens with one attached hydrogen (secondary N) is 1. The first kappa shape index (κ1) is 16.4. The molecule has 0 aliphatic carbocycles. The summed E-state index contributed by atoms with van der Waals surface area (Å²) in [6.07, 6.45) is 5.71. The molecule has 0 spiro atoms. The quantitative estimate of drug-likeness (QED) is 0.614. The monoisotopic (exact) mass is 327 g/mol. The van der Waals surface area contributed by atoms with Gasteiger partial charge < -0.3 is 11.1 Å². The van der Waals surface area contributed by atoms with E-state index >= 15 is 0 Å². The van der Waals surface area contributed by atoms with Gasteiger partial charge >= 0.3 is 0 Å². The van der Waals surface area contributed by atoms with Gasteiger partial charge in [-0.25, -0.2) is 14.7 Å².